The van der Waals surface area contributed by atoms with Crippen molar-refractivity contribution in [2.45, 2.75) is 286 Å². The van der Waals surface area contributed by atoms with Crippen molar-refractivity contribution in [2.24, 2.45) is 41.4 Å². The van der Waals surface area contributed by atoms with Gasteiger partial charge in [0, 0.05) is 73.8 Å². The molecular formula is C75H120ClF3N12O12. The summed E-state index contributed by atoms with van der Waals surface area (Å²) in [7, 11) is 8.85. The van der Waals surface area contributed by atoms with E-state index < -0.39 is 173 Å². The third-order valence-electron chi connectivity index (χ3n) is 24.6. The zero-order chi connectivity index (χ0) is 75.7. The summed E-state index contributed by atoms with van der Waals surface area (Å²) >= 11 is 6.42. The molecule has 3 N–H and O–H groups in total. The minimum Gasteiger partial charge on any atom is -0.343 e. The summed E-state index contributed by atoms with van der Waals surface area (Å²) in [5.41, 5.74) is -1.56. The number of piperidine rings is 1. The van der Waals surface area contributed by atoms with Crippen LogP contribution in [0.3, 0.4) is 0 Å². The first kappa shape index (κ1) is 82.4. The molecule has 28 heteroatoms. The van der Waals surface area contributed by atoms with E-state index in [-0.39, 0.29) is 107 Å². The molecule has 3 unspecified atom stereocenters. The lowest BCUT2D eigenvalue weighted by Gasteiger charge is -2.48. The van der Waals surface area contributed by atoms with Crippen LogP contribution in [0.15, 0.2) is 0 Å². The van der Waals surface area contributed by atoms with Crippen LogP contribution in [-0.2, 0) is 57.5 Å². The van der Waals surface area contributed by atoms with Crippen molar-refractivity contribution in [3.63, 3.8) is 0 Å². The van der Waals surface area contributed by atoms with Crippen molar-refractivity contribution in [3.8, 4) is 0 Å². The standard InChI is InChI=1S/C75H120ClF3N12O12/c1-13-47(6)61-70(100)87(11)63(50-26-22-27-50)72(102)91-39-33-55(91)68(98)85(9)57(42-48-24-16-14-17-25-48)67(97)83(7)44-59(92)80-53(32-30-49-29-31-51(52(76)41-49)75(77,78)79)66(96)90-38-23-28-54(90)65(95)82-74(34-18-19-35-74)73(103)88(12)62(46(4)5)71(101)86(10)58(69(99)89-36-20-15-21-37-89)43-60(93)84(8)56(40-45(2)3)64(94)81-61/h45-58,61-63H,13-44H2,1-12H3,(H,80,92)(H,81,94)(H,82,95)/t47-,49?,51?,52?,53-,54-,55-,56-,57-,58-,61-,62-,63-/m0/s1. The molecule has 0 aromatic heterocycles. The Hall–Kier alpha value is -6.28. The second-order valence-corrected chi connectivity index (χ2v) is 33.1. The summed E-state index contributed by atoms with van der Waals surface area (Å²) in [5.74, 6) is -10.7. The number of halogens is 4. The predicted octanol–water partition coefficient (Wildman–Crippen LogP) is 6.87. The second-order valence-electron chi connectivity index (χ2n) is 32.5. The fourth-order valence-electron chi connectivity index (χ4n) is 17.6. The zero-order valence-electron chi connectivity index (χ0n) is 63.4. The first-order valence-corrected chi connectivity index (χ1v) is 39.2. The number of likely N-dealkylation sites (tertiary alicyclic amines) is 1. The van der Waals surface area contributed by atoms with Crippen LogP contribution < -0.4 is 16.0 Å². The molecule has 0 radical (unpaired) electrons. The number of carbonyl (C=O) groups is 12. The molecule has 4 heterocycles. The third-order valence-corrected chi connectivity index (χ3v) is 25.1. The smallest absolute Gasteiger partial charge is 0.343 e. The van der Waals surface area contributed by atoms with E-state index in [4.69, 9.17) is 11.6 Å². The quantitative estimate of drug-likeness (QED) is 0.169. The Kier molecular flexibility index (Phi) is 28.7. The molecular weight excluding hydrogens is 1350 g/mol. The van der Waals surface area contributed by atoms with E-state index in [0.717, 1.165) is 44.9 Å². The topological polar surface area (TPSA) is 270 Å². The summed E-state index contributed by atoms with van der Waals surface area (Å²) < 4.78 is 42.1. The number of rotatable bonds is 12. The molecule has 1 spiro atoms. The molecule has 0 aromatic rings. The minimum atomic E-state index is -4.51. The number of amides is 12. The Morgan fingerprint density at radius 2 is 1.22 bits per heavy atom. The van der Waals surface area contributed by atoms with Crippen molar-refractivity contribution < 1.29 is 70.7 Å². The van der Waals surface area contributed by atoms with Gasteiger partial charge in [0.2, 0.25) is 70.9 Å². The van der Waals surface area contributed by atoms with Crippen LogP contribution in [-0.4, -0.2) is 261 Å². The summed E-state index contributed by atoms with van der Waals surface area (Å²) in [5, 5.41) is 7.72. The molecule has 103 heavy (non-hydrogen) atoms. The molecule has 12 amide bonds. The lowest BCUT2D eigenvalue weighted by molar-refractivity contribution is -0.182. The summed E-state index contributed by atoms with van der Waals surface area (Å²) in [6.45, 7) is 11.4. The molecule has 4 saturated heterocycles. The van der Waals surface area contributed by atoms with Crippen LogP contribution >= 0.6 is 11.6 Å². The fourth-order valence-corrected chi connectivity index (χ4v) is 18.2. The van der Waals surface area contributed by atoms with Crippen LogP contribution in [0.1, 0.15) is 215 Å². The maximum Gasteiger partial charge on any atom is 0.393 e. The molecule has 0 aromatic carbocycles. The molecule has 8 fully saturated rings. The van der Waals surface area contributed by atoms with E-state index in [2.05, 4.69) is 16.0 Å². The normalized spacial score (nSPS) is 31.3. The molecule has 0 bridgehead atoms. The lowest BCUT2D eigenvalue weighted by atomic mass is 9.77. The molecule has 8 rings (SSSR count). The number of nitrogens with one attached hydrogen (secondary N) is 3. The van der Waals surface area contributed by atoms with Crippen LogP contribution in [0.2, 0.25) is 0 Å². The second kappa shape index (κ2) is 35.9. The van der Waals surface area contributed by atoms with Crippen molar-refractivity contribution in [2.75, 3.05) is 75.0 Å². The maximum absolute atomic E-state index is 15.5. The van der Waals surface area contributed by atoms with E-state index in [9.17, 15) is 18.0 Å². The van der Waals surface area contributed by atoms with Gasteiger partial charge in [0.1, 0.15) is 59.9 Å². The van der Waals surface area contributed by atoms with Gasteiger partial charge in [0.25, 0.3) is 0 Å². The summed E-state index contributed by atoms with van der Waals surface area (Å²) in [6, 6.07) is -10.6. The zero-order valence-corrected chi connectivity index (χ0v) is 64.1. The Morgan fingerprint density at radius 3 is 1.80 bits per heavy atom. The third kappa shape index (κ3) is 19.3. The van der Waals surface area contributed by atoms with Gasteiger partial charge in [-0.25, -0.2) is 0 Å². The van der Waals surface area contributed by atoms with Crippen LogP contribution in [0, 0.1) is 41.4 Å². The van der Waals surface area contributed by atoms with Crippen LogP contribution in [0.25, 0.3) is 0 Å². The Balaban J connectivity index is 1.17. The van der Waals surface area contributed by atoms with E-state index in [1.165, 1.54) is 81.5 Å². The number of fused-ring (bicyclic) bond motifs is 2. The van der Waals surface area contributed by atoms with Gasteiger partial charge in [-0.2, -0.15) is 13.2 Å². The highest BCUT2D eigenvalue weighted by Crippen LogP contribution is 2.44. The highest BCUT2D eigenvalue weighted by Gasteiger charge is 2.53. The van der Waals surface area contributed by atoms with E-state index >= 15 is 52.7 Å². The van der Waals surface area contributed by atoms with E-state index in [0.29, 0.717) is 64.5 Å². The average molecular weight is 1470 g/mol. The number of alkyl halides is 4. The highest BCUT2D eigenvalue weighted by molar-refractivity contribution is 6.21. The van der Waals surface area contributed by atoms with Crippen LogP contribution in [0.4, 0.5) is 13.2 Å². The van der Waals surface area contributed by atoms with Gasteiger partial charge in [-0.05, 0) is 145 Å². The number of nitrogens with zero attached hydrogens (tertiary/aromatic N) is 9. The van der Waals surface area contributed by atoms with Gasteiger partial charge >= 0.3 is 6.18 Å². The van der Waals surface area contributed by atoms with Crippen molar-refractivity contribution in [1.29, 1.82) is 0 Å². The molecule has 4 aliphatic carbocycles. The van der Waals surface area contributed by atoms with Gasteiger partial charge in [-0.1, -0.05) is 99.3 Å². The largest absolute Gasteiger partial charge is 0.393 e. The average Bonchev–Trinajstić information content (AvgIpc) is 1.61. The number of hydrogen-bond donors (Lipinski definition) is 3. The SMILES string of the molecule is CC[C@H](C)[C@@H]1NC(=O)[C@H](CC(C)C)N(C)C(=O)C[C@@H](C(=O)N2CCCCC2)N(C)C(=O)[C@H](C(C)C)N(C)C(=O)C2(CCCC2)NC(=O)[C@@H]2CCCN2C(=O)[C@H](CCC2CCC(C(F)(F)F)C(Cl)C2)NC(=O)CN(C)C(=O)[C@H](CC2CCCCC2)N(C)C(=O)[C@@H]2CCN2C(=O)[C@H](C2CCC2)N(C)C1=O. The molecule has 4 aliphatic heterocycles. The fraction of sp³-hybridized carbons (Fsp3) is 0.840. The number of hydrogen-bond acceptors (Lipinski definition) is 12. The molecule has 8 aliphatic rings. The van der Waals surface area contributed by atoms with Crippen molar-refractivity contribution >= 4 is 82.5 Å². The summed E-state index contributed by atoms with van der Waals surface area (Å²) in [6.07, 6.45) is 6.72. The maximum atomic E-state index is 15.5. The first-order chi connectivity index (χ1) is 48.6. The van der Waals surface area contributed by atoms with Gasteiger partial charge in [0.05, 0.1) is 18.9 Å². The first-order valence-electron chi connectivity index (χ1n) is 38.7. The van der Waals surface area contributed by atoms with Gasteiger partial charge in [-0.3, -0.25) is 57.5 Å². The van der Waals surface area contributed by atoms with E-state index in [1.807, 2.05) is 27.7 Å². The van der Waals surface area contributed by atoms with Crippen molar-refractivity contribution in [1.82, 2.24) is 60.0 Å². The van der Waals surface area contributed by atoms with E-state index in [1.54, 1.807) is 18.7 Å². The number of carbonyl (C=O) groups excluding carboxylic acids is 12. The van der Waals surface area contributed by atoms with Gasteiger partial charge < -0.3 is 60.0 Å². The monoisotopic (exact) mass is 1470 g/mol. The van der Waals surface area contributed by atoms with Gasteiger partial charge in [-0.15, -0.1) is 11.6 Å². The van der Waals surface area contributed by atoms with Crippen molar-refractivity contribution in [3.05, 3.63) is 0 Å². The molecule has 13 atom stereocenters. The lowest BCUT2D eigenvalue weighted by Crippen LogP contribution is -2.66. The van der Waals surface area contributed by atoms with Gasteiger partial charge in [0.15, 0.2) is 0 Å². The Bertz CT molecular complexity index is 3050. The Labute approximate surface area is 613 Å². The molecule has 580 valence electrons. The molecule has 4 saturated carbocycles. The molecule has 24 nitrogen and oxygen atoms in total. The Morgan fingerprint density at radius 1 is 0.583 bits per heavy atom. The van der Waals surface area contributed by atoms with Crippen LogP contribution in [0.5, 0.6) is 0 Å². The minimum absolute atomic E-state index is 0.00310. The highest BCUT2D eigenvalue weighted by atomic mass is 35.5. The number of likely N-dealkylation sites (N-methyl/N-ethyl adjacent to an activating group) is 6. The predicted molar refractivity (Wildman–Crippen MR) is 382 cm³/mol. The summed E-state index contributed by atoms with van der Waals surface area (Å²) in [4.78, 5) is 194.